The van der Waals surface area contributed by atoms with E-state index in [9.17, 15) is 12.8 Å². The molecule has 0 unspecified atom stereocenters. The molecule has 0 aliphatic rings. The molecule has 0 saturated heterocycles. The molecule has 2 rings (SSSR count). The van der Waals surface area contributed by atoms with Gasteiger partial charge in [0.15, 0.2) is 0 Å². The molecule has 0 fully saturated rings. The first kappa shape index (κ1) is 14.2. The van der Waals surface area contributed by atoms with E-state index in [1.807, 2.05) is 0 Å². The van der Waals surface area contributed by atoms with E-state index in [1.54, 1.807) is 0 Å². The van der Waals surface area contributed by atoms with Crippen molar-refractivity contribution in [3.05, 3.63) is 52.0 Å². The van der Waals surface area contributed by atoms with Gasteiger partial charge in [-0.1, -0.05) is 11.6 Å². The maximum absolute atomic E-state index is 12.9. The summed E-state index contributed by atoms with van der Waals surface area (Å²) in [4.78, 5) is 3.57. The first-order valence-electron chi connectivity index (χ1n) is 4.97. The number of aromatic nitrogens is 1. The van der Waals surface area contributed by atoms with Crippen LogP contribution in [0.15, 0.2) is 46.0 Å². The third-order valence-electron chi connectivity index (χ3n) is 2.16. The van der Waals surface area contributed by atoms with E-state index >= 15 is 0 Å². The Morgan fingerprint density at radius 3 is 2.63 bits per heavy atom. The summed E-state index contributed by atoms with van der Waals surface area (Å²) >= 11 is 8.93. The maximum atomic E-state index is 12.9. The molecule has 0 aliphatic carbocycles. The lowest BCUT2D eigenvalue weighted by Crippen LogP contribution is -2.13. The number of halogens is 3. The first-order chi connectivity index (χ1) is 8.88. The molecule has 0 spiro atoms. The van der Waals surface area contributed by atoms with Crippen molar-refractivity contribution in [2.45, 2.75) is 4.90 Å². The van der Waals surface area contributed by atoms with E-state index in [1.165, 1.54) is 24.4 Å². The van der Waals surface area contributed by atoms with Crippen LogP contribution in [0.4, 0.5) is 10.1 Å². The van der Waals surface area contributed by atoms with Gasteiger partial charge in [0.1, 0.15) is 5.82 Å². The Hall–Kier alpha value is -1.18. The third kappa shape index (κ3) is 3.43. The van der Waals surface area contributed by atoms with E-state index in [4.69, 9.17) is 11.6 Å². The minimum Gasteiger partial charge on any atom is -0.278 e. The topological polar surface area (TPSA) is 59.1 Å². The minimum atomic E-state index is -3.81. The lowest BCUT2D eigenvalue weighted by molar-refractivity contribution is 0.601. The van der Waals surface area contributed by atoms with Gasteiger partial charge in [-0.25, -0.2) is 12.8 Å². The second-order valence-electron chi connectivity index (χ2n) is 3.57. The summed E-state index contributed by atoms with van der Waals surface area (Å²) in [6.07, 6.45) is 2.20. The van der Waals surface area contributed by atoms with Gasteiger partial charge in [-0.05, 0) is 34.1 Å². The summed E-state index contributed by atoms with van der Waals surface area (Å²) in [6, 6.07) is 5.19. The van der Waals surface area contributed by atoms with Gasteiger partial charge in [-0.3, -0.25) is 9.71 Å². The van der Waals surface area contributed by atoms with Crippen molar-refractivity contribution >= 4 is 43.2 Å². The Kier molecular flexibility index (Phi) is 4.07. The monoisotopic (exact) mass is 364 g/mol. The number of rotatable bonds is 3. The molecule has 1 N–H and O–H groups in total. The van der Waals surface area contributed by atoms with Gasteiger partial charge < -0.3 is 0 Å². The molecule has 0 bridgehead atoms. The maximum Gasteiger partial charge on any atom is 0.261 e. The van der Waals surface area contributed by atoms with Gasteiger partial charge in [0, 0.05) is 10.5 Å². The number of nitrogens with one attached hydrogen (secondary N) is 1. The van der Waals surface area contributed by atoms with Gasteiger partial charge in [-0.2, -0.15) is 0 Å². The van der Waals surface area contributed by atoms with Crippen molar-refractivity contribution in [3.8, 4) is 0 Å². The molecule has 0 aliphatic heterocycles. The molecule has 4 nitrogen and oxygen atoms in total. The van der Waals surface area contributed by atoms with Crippen LogP contribution in [0.2, 0.25) is 5.02 Å². The van der Waals surface area contributed by atoms with E-state index in [2.05, 4.69) is 25.6 Å². The Balaban J connectivity index is 2.35. The molecular weight excluding hydrogens is 359 g/mol. The van der Waals surface area contributed by atoms with Gasteiger partial charge in [0.25, 0.3) is 10.0 Å². The minimum absolute atomic E-state index is 0.00744. The Labute approximate surface area is 122 Å². The quantitative estimate of drug-likeness (QED) is 0.906. The predicted molar refractivity (Wildman–Crippen MR) is 74.2 cm³/mol. The Morgan fingerprint density at radius 1 is 1.26 bits per heavy atom. The standard InChI is InChI=1S/C11H7BrClFN2O2S/c12-10-4-9(1-2-11(10)13)19(17,18)16-8-3-7(14)5-15-6-8/h1-6,16H. The van der Waals surface area contributed by atoms with E-state index < -0.39 is 15.8 Å². The van der Waals surface area contributed by atoms with Crippen LogP contribution in [-0.4, -0.2) is 13.4 Å². The highest BCUT2D eigenvalue weighted by Gasteiger charge is 2.15. The summed E-state index contributed by atoms with van der Waals surface area (Å²) in [5.41, 5.74) is 0.0473. The fourth-order valence-corrected chi connectivity index (χ4v) is 3.03. The average Bonchev–Trinajstić information content (AvgIpc) is 2.32. The van der Waals surface area contributed by atoms with Crippen LogP contribution < -0.4 is 4.72 Å². The summed E-state index contributed by atoms with van der Waals surface area (Å²) < 4.78 is 39.7. The normalized spacial score (nSPS) is 11.3. The van der Waals surface area contributed by atoms with Crippen molar-refractivity contribution in [1.29, 1.82) is 0 Å². The molecule has 100 valence electrons. The number of sulfonamides is 1. The fourth-order valence-electron chi connectivity index (χ4n) is 1.33. The summed E-state index contributed by atoms with van der Waals surface area (Å²) in [7, 11) is -3.81. The number of benzene rings is 1. The first-order valence-corrected chi connectivity index (χ1v) is 7.62. The molecule has 0 atom stereocenters. The number of pyridine rings is 1. The molecule has 1 aromatic carbocycles. The van der Waals surface area contributed by atoms with Crippen molar-refractivity contribution in [3.63, 3.8) is 0 Å². The van der Waals surface area contributed by atoms with E-state index in [0.29, 0.717) is 9.50 Å². The second-order valence-corrected chi connectivity index (χ2v) is 6.52. The van der Waals surface area contributed by atoms with Crippen molar-refractivity contribution < 1.29 is 12.8 Å². The smallest absolute Gasteiger partial charge is 0.261 e. The van der Waals surface area contributed by atoms with Crippen molar-refractivity contribution in [2.75, 3.05) is 4.72 Å². The average molecular weight is 366 g/mol. The number of hydrogen-bond acceptors (Lipinski definition) is 3. The largest absolute Gasteiger partial charge is 0.278 e. The van der Waals surface area contributed by atoms with Crippen molar-refractivity contribution in [2.24, 2.45) is 0 Å². The van der Waals surface area contributed by atoms with Crippen LogP contribution >= 0.6 is 27.5 Å². The molecule has 0 saturated carbocycles. The van der Waals surface area contributed by atoms with Gasteiger partial charge in [0.2, 0.25) is 0 Å². The molecule has 1 heterocycles. The van der Waals surface area contributed by atoms with Crippen LogP contribution in [0.1, 0.15) is 0 Å². The number of anilines is 1. The molecule has 0 radical (unpaired) electrons. The number of hydrogen-bond donors (Lipinski definition) is 1. The van der Waals surface area contributed by atoms with Crippen LogP contribution in [0, 0.1) is 5.82 Å². The van der Waals surface area contributed by atoms with E-state index in [-0.39, 0.29) is 10.6 Å². The Morgan fingerprint density at radius 2 is 2.00 bits per heavy atom. The van der Waals surface area contributed by atoms with Crippen LogP contribution in [0.3, 0.4) is 0 Å². The Bertz CT molecular complexity index is 724. The SMILES string of the molecule is O=S(=O)(Nc1cncc(F)c1)c1ccc(Cl)c(Br)c1. The van der Waals surface area contributed by atoms with E-state index in [0.717, 1.165) is 12.3 Å². The van der Waals surface area contributed by atoms with Crippen LogP contribution in [0.5, 0.6) is 0 Å². The van der Waals surface area contributed by atoms with Crippen molar-refractivity contribution in [1.82, 2.24) is 4.98 Å². The second kappa shape index (κ2) is 5.44. The zero-order valence-electron chi connectivity index (χ0n) is 9.27. The highest BCUT2D eigenvalue weighted by Crippen LogP contribution is 2.26. The summed E-state index contributed by atoms with van der Waals surface area (Å²) in [6.45, 7) is 0. The predicted octanol–water partition coefficient (Wildman–Crippen LogP) is 3.44. The zero-order valence-corrected chi connectivity index (χ0v) is 12.4. The molecule has 2 aromatic rings. The molecule has 0 amide bonds. The molecular formula is C11H7BrClFN2O2S. The number of nitrogens with zero attached hydrogens (tertiary/aromatic N) is 1. The lowest BCUT2D eigenvalue weighted by atomic mass is 10.4. The summed E-state index contributed by atoms with van der Waals surface area (Å²) in [5, 5.41) is 0.395. The highest BCUT2D eigenvalue weighted by atomic mass is 79.9. The van der Waals surface area contributed by atoms with Crippen LogP contribution in [-0.2, 0) is 10.0 Å². The fraction of sp³-hybridized carbons (Fsp3) is 0. The zero-order chi connectivity index (χ0) is 14.0. The molecule has 1 aromatic heterocycles. The van der Waals surface area contributed by atoms with Gasteiger partial charge >= 0.3 is 0 Å². The third-order valence-corrected chi connectivity index (χ3v) is 4.75. The summed E-state index contributed by atoms with van der Waals surface area (Å²) in [5.74, 6) is -0.627. The van der Waals surface area contributed by atoms with Gasteiger partial charge in [0.05, 0.1) is 28.0 Å². The molecule has 8 heteroatoms. The highest BCUT2D eigenvalue weighted by molar-refractivity contribution is 9.10. The van der Waals surface area contributed by atoms with Crippen LogP contribution in [0.25, 0.3) is 0 Å². The molecule has 19 heavy (non-hydrogen) atoms. The van der Waals surface area contributed by atoms with Gasteiger partial charge in [-0.15, -0.1) is 0 Å². The lowest BCUT2D eigenvalue weighted by Gasteiger charge is -2.08.